The van der Waals surface area contributed by atoms with E-state index in [1.54, 1.807) is 18.2 Å². The molecule has 0 saturated heterocycles. The lowest BCUT2D eigenvalue weighted by Crippen LogP contribution is -2.27. The first-order valence-corrected chi connectivity index (χ1v) is 5.34. The fourth-order valence-corrected chi connectivity index (χ4v) is 1.97. The van der Waals surface area contributed by atoms with E-state index in [0.29, 0.717) is 0 Å². The summed E-state index contributed by atoms with van der Waals surface area (Å²) in [6.07, 6.45) is 0.802. The van der Waals surface area contributed by atoms with Crippen LogP contribution in [0.3, 0.4) is 0 Å². The summed E-state index contributed by atoms with van der Waals surface area (Å²) in [6.45, 7) is 2.00. The average molecular weight is 237 g/mol. The van der Waals surface area contributed by atoms with Gasteiger partial charge in [0.25, 0.3) is 11.8 Å². The number of fused-ring (bicyclic) bond motifs is 1. The minimum absolute atomic E-state index is 0.246. The molecule has 82 valence electrons. The van der Waals surface area contributed by atoms with E-state index in [0.717, 1.165) is 23.0 Å². The van der Waals surface area contributed by atoms with E-state index in [4.69, 9.17) is 16.9 Å². The van der Waals surface area contributed by atoms with Crippen molar-refractivity contribution >= 4 is 28.6 Å². The molecule has 0 atom stereocenters. The highest BCUT2D eigenvalue weighted by Crippen LogP contribution is 2.14. The highest BCUT2D eigenvalue weighted by molar-refractivity contribution is 6.06. The van der Waals surface area contributed by atoms with Gasteiger partial charge in [-0.2, -0.15) is 0 Å². The summed E-state index contributed by atoms with van der Waals surface area (Å²) < 4.78 is 1.52. The second-order valence-corrected chi connectivity index (χ2v) is 3.88. The van der Waals surface area contributed by atoms with Gasteiger partial charge in [0.1, 0.15) is 0 Å². The van der Waals surface area contributed by atoms with E-state index in [-0.39, 0.29) is 5.56 Å². The molecular weight excluding hydrogens is 226 g/mol. The minimum Gasteiger partial charge on any atom is -0.478 e. The van der Waals surface area contributed by atoms with Crippen LogP contribution < -0.4 is 4.09 Å². The van der Waals surface area contributed by atoms with E-state index in [2.05, 4.69) is 0 Å². The predicted molar refractivity (Wildman–Crippen MR) is 61.7 cm³/mol. The zero-order valence-corrected chi connectivity index (χ0v) is 9.53. The topological polar surface area (TPSA) is 41.2 Å². The zero-order chi connectivity index (χ0) is 11.7. The number of hydrogen-bond acceptors (Lipinski definition) is 1. The fraction of sp³-hybridized carbons (Fsp3) is 0.167. The van der Waals surface area contributed by atoms with Crippen LogP contribution in [0.4, 0.5) is 0 Å². The van der Waals surface area contributed by atoms with Gasteiger partial charge in [0.05, 0.1) is 5.56 Å². The third kappa shape index (κ3) is 1.74. The van der Waals surface area contributed by atoms with Crippen LogP contribution in [0.1, 0.15) is 23.0 Å². The third-order valence-electron chi connectivity index (χ3n) is 2.56. The molecule has 2 rings (SSSR count). The summed E-state index contributed by atoms with van der Waals surface area (Å²) in [5.74, 6) is -0.944. The maximum atomic E-state index is 10.9. The molecule has 0 unspecified atom stereocenters. The molecule has 0 amide bonds. The average Bonchev–Trinajstić information content (AvgIpc) is 2.29. The van der Waals surface area contributed by atoms with Crippen LogP contribution in [0.15, 0.2) is 30.3 Å². The number of aromatic nitrogens is 1. The number of halogens is 1. The molecule has 16 heavy (non-hydrogen) atoms. The van der Waals surface area contributed by atoms with Gasteiger partial charge in [-0.25, -0.2) is 4.79 Å². The van der Waals surface area contributed by atoms with Crippen molar-refractivity contribution in [3.05, 3.63) is 41.6 Å². The Morgan fingerprint density at radius 1 is 1.38 bits per heavy atom. The lowest BCUT2D eigenvalue weighted by atomic mass is 10.1. The summed E-state index contributed by atoms with van der Waals surface area (Å²) in [6, 6.07) is 8.81. The summed E-state index contributed by atoms with van der Waals surface area (Å²) in [5, 5.41) is 9.84. The number of hydrogen-bond donors (Lipinski definition) is 1. The summed E-state index contributed by atoms with van der Waals surface area (Å²) in [4.78, 5) is 10.9. The molecule has 0 aliphatic rings. The van der Waals surface area contributed by atoms with Crippen LogP contribution in [0.5, 0.6) is 0 Å². The Balaban J connectivity index is 2.74. The molecule has 0 radical (unpaired) electrons. The van der Waals surface area contributed by atoms with Gasteiger partial charge >= 0.3 is 5.97 Å². The molecule has 3 nitrogen and oxygen atoms in total. The van der Waals surface area contributed by atoms with Crippen LogP contribution in [0.25, 0.3) is 10.9 Å². The van der Waals surface area contributed by atoms with Crippen LogP contribution in [-0.4, -0.2) is 11.1 Å². The van der Waals surface area contributed by atoms with Gasteiger partial charge in [0.15, 0.2) is 0 Å². The molecule has 4 heteroatoms. The van der Waals surface area contributed by atoms with Crippen molar-refractivity contribution in [3.8, 4) is 0 Å². The number of carboxylic acids is 1. The highest BCUT2D eigenvalue weighted by atomic mass is 35.5. The maximum absolute atomic E-state index is 10.9. The number of benzene rings is 1. The van der Waals surface area contributed by atoms with Crippen molar-refractivity contribution in [2.24, 2.45) is 0 Å². The monoisotopic (exact) mass is 236 g/mol. The summed E-state index contributed by atoms with van der Waals surface area (Å²) in [7, 11) is 0. The Kier molecular flexibility index (Phi) is 2.79. The normalized spacial score (nSPS) is 10.6. The minimum atomic E-state index is -0.944. The van der Waals surface area contributed by atoms with Crippen molar-refractivity contribution in [1.82, 2.24) is 0 Å². The number of aryl methyl sites for hydroxylation is 1. The Bertz CT molecular complexity index is 566. The van der Waals surface area contributed by atoms with E-state index in [9.17, 15) is 4.79 Å². The molecule has 0 bridgehead atoms. The van der Waals surface area contributed by atoms with Crippen LogP contribution in [-0.2, 0) is 6.42 Å². The van der Waals surface area contributed by atoms with E-state index in [1.165, 1.54) is 4.09 Å². The molecule has 1 aromatic carbocycles. The Labute approximate surface area is 98.0 Å². The van der Waals surface area contributed by atoms with Crippen LogP contribution >= 0.6 is 11.8 Å². The van der Waals surface area contributed by atoms with E-state index in [1.807, 2.05) is 19.1 Å². The molecule has 2 aromatic rings. The molecule has 1 N–H and O–H groups in total. The lowest BCUT2D eigenvalue weighted by molar-refractivity contribution is -0.499. The molecular formula is C12H11ClNO2+. The predicted octanol–water partition coefficient (Wildman–Crippen LogP) is 2.39. The summed E-state index contributed by atoms with van der Waals surface area (Å²) >= 11 is 6.14. The number of aromatic carboxylic acids is 1. The number of nitrogens with zero attached hydrogens (tertiary/aromatic N) is 1. The number of carbonyl (C=O) groups is 1. The first-order valence-electron chi connectivity index (χ1n) is 5.00. The summed E-state index contributed by atoms with van der Waals surface area (Å²) in [5.41, 5.74) is 1.92. The van der Waals surface area contributed by atoms with Gasteiger partial charge in [-0.3, -0.25) is 0 Å². The standard InChI is InChI=1S/C12H10ClNO2/c1-2-10-6-5-8-3-4-9(12(15)16)7-11(8)14(10)13/h3-7H,2H2,1H3/p+1. The number of carboxylic acid groups (broad SMARTS) is 1. The van der Waals surface area contributed by atoms with Gasteiger partial charge in [0.2, 0.25) is 11.2 Å². The second-order valence-electron chi connectivity index (χ2n) is 3.54. The van der Waals surface area contributed by atoms with Crippen molar-refractivity contribution in [2.75, 3.05) is 0 Å². The van der Waals surface area contributed by atoms with Crippen molar-refractivity contribution in [3.63, 3.8) is 0 Å². The lowest BCUT2D eigenvalue weighted by Gasteiger charge is -1.99. The maximum Gasteiger partial charge on any atom is 0.335 e. The second kappa shape index (κ2) is 4.10. The molecule has 1 heterocycles. The molecule has 0 spiro atoms. The Morgan fingerprint density at radius 2 is 2.06 bits per heavy atom. The van der Waals surface area contributed by atoms with Gasteiger partial charge < -0.3 is 5.11 Å². The van der Waals surface area contributed by atoms with E-state index >= 15 is 0 Å². The highest BCUT2D eigenvalue weighted by Gasteiger charge is 2.15. The fourth-order valence-electron chi connectivity index (χ4n) is 1.65. The number of rotatable bonds is 2. The van der Waals surface area contributed by atoms with E-state index < -0.39 is 5.97 Å². The van der Waals surface area contributed by atoms with Crippen LogP contribution in [0.2, 0.25) is 0 Å². The first kappa shape index (κ1) is 10.9. The molecule has 1 aromatic heterocycles. The van der Waals surface area contributed by atoms with Crippen molar-refractivity contribution in [1.29, 1.82) is 0 Å². The van der Waals surface area contributed by atoms with Crippen molar-refractivity contribution in [2.45, 2.75) is 13.3 Å². The van der Waals surface area contributed by atoms with Gasteiger partial charge in [-0.1, -0.05) is 11.0 Å². The smallest absolute Gasteiger partial charge is 0.335 e. The molecule has 0 saturated carbocycles. The molecule has 0 fully saturated rings. The number of pyridine rings is 1. The zero-order valence-electron chi connectivity index (χ0n) is 8.77. The molecule has 0 aliphatic heterocycles. The third-order valence-corrected chi connectivity index (χ3v) is 2.96. The SMILES string of the molecule is CCc1ccc2ccc(C(=O)O)cc2[n+]1Cl. The Hall–Kier alpha value is -1.61. The van der Waals surface area contributed by atoms with Gasteiger partial charge in [0, 0.05) is 23.9 Å². The molecule has 0 aliphatic carbocycles. The largest absolute Gasteiger partial charge is 0.478 e. The first-order chi connectivity index (χ1) is 7.63. The van der Waals surface area contributed by atoms with Crippen LogP contribution in [0, 0.1) is 0 Å². The van der Waals surface area contributed by atoms with Gasteiger partial charge in [-0.05, 0) is 18.2 Å². The van der Waals surface area contributed by atoms with Crippen molar-refractivity contribution < 1.29 is 14.0 Å². The Morgan fingerprint density at radius 3 is 2.69 bits per heavy atom. The quantitative estimate of drug-likeness (QED) is 0.870. The van der Waals surface area contributed by atoms with Gasteiger partial charge in [-0.15, -0.1) is 0 Å².